The average Bonchev–Trinajstić information content (AvgIpc) is 2.27. The van der Waals surface area contributed by atoms with Crippen LogP contribution in [-0.2, 0) is 0 Å². The van der Waals surface area contributed by atoms with Gasteiger partial charge in [0.2, 0.25) is 0 Å². The number of nitrogens with zero attached hydrogens (tertiary/aromatic N) is 1. The molecule has 1 aromatic carbocycles. The van der Waals surface area contributed by atoms with E-state index < -0.39 is 0 Å². The zero-order valence-electron chi connectivity index (χ0n) is 9.99. The minimum Gasteiger partial charge on any atom is -0.497 e. The summed E-state index contributed by atoms with van der Waals surface area (Å²) in [6, 6.07) is 7.08. The van der Waals surface area contributed by atoms with Crippen LogP contribution >= 0.6 is 0 Å². The second-order valence-corrected chi connectivity index (χ2v) is 3.85. The van der Waals surface area contributed by atoms with Crippen molar-refractivity contribution in [2.45, 2.75) is 6.92 Å². The van der Waals surface area contributed by atoms with E-state index >= 15 is 0 Å². The lowest BCUT2D eigenvalue weighted by Crippen LogP contribution is -2.28. The minimum absolute atomic E-state index is 0.00865. The number of carbonyl (C=O) groups excluding carboxylic acids is 1. The van der Waals surface area contributed by atoms with E-state index in [-0.39, 0.29) is 5.91 Å². The molecular formula is C13H17NO2. The van der Waals surface area contributed by atoms with Crippen molar-refractivity contribution >= 4 is 5.91 Å². The van der Waals surface area contributed by atoms with Gasteiger partial charge in [0.25, 0.3) is 5.91 Å². The van der Waals surface area contributed by atoms with Gasteiger partial charge in [-0.15, -0.1) is 0 Å². The predicted octanol–water partition coefficient (Wildman–Crippen LogP) is 2.34. The van der Waals surface area contributed by atoms with Crippen LogP contribution in [-0.4, -0.2) is 31.5 Å². The summed E-state index contributed by atoms with van der Waals surface area (Å²) in [7, 11) is 3.37. The van der Waals surface area contributed by atoms with E-state index in [0.717, 1.165) is 11.3 Å². The van der Waals surface area contributed by atoms with Gasteiger partial charge < -0.3 is 9.64 Å². The molecule has 0 aliphatic rings. The number of methoxy groups -OCH3 is 1. The first-order valence-corrected chi connectivity index (χ1v) is 5.08. The minimum atomic E-state index is -0.00865. The highest BCUT2D eigenvalue weighted by atomic mass is 16.5. The molecule has 0 aliphatic heterocycles. The molecule has 0 saturated heterocycles. The molecule has 3 nitrogen and oxygen atoms in total. The topological polar surface area (TPSA) is 29.5 Å². The van der Waals surface area contributed by atoms with Gasteiger partial charge in [-0.1, -0.05) is 12.2 Å². The summed E-state index contributed by atoms with van der Waals surface area (Å²) in [6.45, 7) is 6.26. The molecule has 0 saturated carbocycles. The molecule has 1 amide bonds. The summed E-state index contributed by atoms with van der Waals surface area (Å²) in [5, 5.41) is 0. The lowest BCUT2D eigenvalue weighted by atomic mass is 10.2. The van der Waals surface area contributed by atoms with Gasteiger partial charge in [-0.25, -0.2) is 0 Å². The van der Waals surface area contributed by atoms with Crippen LogP contribution in [0.2, 0.25) is 0 Å². The average molecular weight is 219 g/mol. The van der Waals surface area contributed by atoms with Gasteiger partial charge in [0.15, 0.2) is 0 Å². The van der Waals surface area contributed by atoms with Crippen LogP contribution in [0.3, 0.4) is 0 Å². The van der Waals surface area contributed by atoms with Gasteiger partial charge >= 0.3 is 0 Å². The van der Waals surface area contributed by atoms with Crippen molar-refractivity contribution in [2.75, 3.05) is 20.7 Å². The van der Waals surface area contributed by atoms with Crippen molar-refractivity contribution in [3.63, 3.8) is 0 Å². The first-order chi connectivity index (χ1) is 7.54. The fourth-order valence-corrected chi connectivity index (χ4v) is 1.43. The lowest BCUT2D eigenvalue weighted by molar-refractivity contribution is 0.0807. The predicted molar refractivity (Wildman–Crippen MR) is 64.8 cm³/mol. The maximum absolute atomic E-state index is 11.9. The molecule has 1 rings (SSSR count). The Morgan fingerprint density at radius 1 is 1.38 bits per heavy atom. The number of carbonyl (C=O) groups is 1. The summed E-state index contributed by atoms with van der Waals surface area (Å²) in [4.78, 5) is 13.6. The number of hydrogen-bond acceptors (Lipinski definition) is 2. The molecule has 0 fully saturated rings. The zero-order valence-corrected chi connectivity index (χ0v) is 9.99. The Kier molecular flexibility index (Phi) is 4.11. The summed E-state index contributed by atoms with van der Waals surface area (Å²) in [6.07, 6.45) is 0. The summed E-state index contributed by atoms with van der Waals surface area (Å²) < 4.78 is 5.03. The van der Waals surface area contributed by atoms with Crippen LogP contribution in [0.15, 0.2) is 36.4 Å². The van der Waals surface area contributed by atoms with Gasteiger partial charge in [-0.3, -0.25) is 4.79 Å². The zero-order chi connectivity index (χ0) is 12.1. The van der Waals surface area contributed by atoms with E-state index in [0.29, 0.717) is 12.1 Å². The van der Waals surface area contributed by atoms with E-state index in [9.17, 15) is 4.79 Å². The van der Waals surface area contributed by atoms with Gasteiger partial charge in [0, 0.05) is 19.2 Å². The first kappa shape index (κ1) is 12.3. The molecule has 3 heteroatoms. The Hall–Kier alpha value is -1.77. The summed E-state index contributed by atoms with van der Waals surface area (Å²) in [5.41, 5.74) is 1.62. The normalized spacial score (nSPS) is 9.69. The molecule has 0 N–H and O–H groups in total. The highest BCUT2D eigenvalue weighted by Gasteiger charge is 2.11. The molecule has 86 valence electrons. The van der Waals surface area contributed by atoms with Crippen LogP contribution in [0.4, 0.5) is 0 Å². The van der Waals surface area contributed by atoms with Crippen LogP contribution in [0.25, 0.3) is 0 Å². The lowest BCUT2D eigenvalue weighted by Gasteiger charge is -2.17. The molecule has 16 heavy (non-hydrogen) atoms. The first-order valence-electron chi connectivity index (χ1n) is 5.08. The van der Waals surface area contributed by atoms with Crippen LogP contribution in [0.1, 0.15) is 17.3 Å². The number of ether oxygens (including phenoxy) is 1. The van der Waals surface area contributed by atoms with Crippen molar-refractivity contribution in [3.05, 3.63) is 42.0 Å². The molecule has 0 unspecified atom stereocenters. The molecular weight excluding hydrogens is 202 g/mol. The standard InChI is InChI=1S/C13H17NO2/c1-10(2)9-14(3)13(15)11-5-7-12(16-4)8-6-11/h5-8H,1,9H2,2-4H3. The molecule has 0 aromatic heterocycles. The molecule has 0 heterocycles. The van der Waals surface area contributed by atoms with Crippen LogP contribution < -0.4 is 4.74 Å². The van der Waals surface area contributed by atoms with Crippen molar-refractivity contribution in [3.8, 4) is 5.75 Å². The van der Waals surface area contributed by atoms with Gasteiger partial charge in [-0.2, -0.15) is 0 Å². The van der Waals surface area contributed by atoms with Crippen molar-refractivity contribution in [2.24, 2.45) is 0 Å². The Labute approximate surface area is 96.3 Å². The molecule has 0 spiro atoms. The van der Waals surface area contributed by atoms with E-state index in [4.69, 9.17) is 4.74 Å². The molecule has 0 atom stereocenters. The number of rotatable bonds is 4. The largest absolute Gasteiger partial charge is 0.497 e. The van der Waals surface area contributed by atoms with Crippen molar-refractivity contribution in [1.29, 1.82) is 0 Å². The molecule has 1 aromatic rings. The van der Waals surface area contributed by atoms with Gasteiger partial charge in [-0.05, 0) is 31.2 Å². The van der Waals surface area contributed by atoms with E-state index in [2.05, 4.69) is 6.58 Å². The second-order valence-electron chi connectivity index (χ2n) is 3.85. The number of amides is 1. The monoisotopic (exact) mass is 219 g/mol. The maximum Gasteiger partial charge on any atom is 0.253 e. The third-order valence-corrected chi connectivity index (χ3v) is 2.19. The Morgan fingerprint density at radius 2 is 1.94 bits per heavy atom. The van der Waals surface area contributed by atoms with E-state index in [1.165, 1.54) is 0 Å². The second kappa shape index (κ2) is 5.35. The molecule has 0 aliphatic carbocycles. The van der Waals surface area contributed by atoms with Gasteiger partial charge in [0.1, 0.15) is 5.75 Å². The molecule has 0 bridgehead atoms. The fraction of sp³-hybridized carbons (Fsp3) is 0.308. The number of likely N-dealkylation sites (N-methyl/N-ethyl adjacent to an activating group) is 1. The SMILES string of the molecule is C=C(C)CN(C)C(=O)c1ccc(OC)cc1. The van der Waals surface area contributed by atoms with Crippen LogP contribution in [0, 0.1) is 0 Å². The third-order valence-electron chi connectivity index (χ3n) is 2.19. The summed E-state index contributed by atoms with van der Waals surface area (Å²) in [5.74, 6) is 0.741. The maximum atomic E-state index is 11.9. The highest BCUT2D eigenvalue weighted by Crippen LogP contribution is 2.12. The van der Waals surface area contributed by atoms with Crippen molar-refractivity contribution < 1.29 is 9.53 Å². The van der Waals surface area contributed by atoms with Crippen molar-refractivity contribution in [1.82, 2.24) is 4.90 Å². The quantitative estimate of drug-likeness (QED) is 0.727. The Bertz CT molecular complexity index is 381. The van der Waals surface area contributed by atoms with E-state index in [1.54, 1.807) is 43.3 Å². The number of hydrogen-bond donors (Lipinski definition) is 0. The Morgan fingerprint density at radius 3 is 2.38 bits per heavy atom. The van der Waals surface area contributed by atoms with E-state index in [1.807, 2.05) is 6.92 Å². The number of benzene rings is 1. The molecule has 0 radical (unpaired) electrons. The smallest absolute Gasteiger partial charge is 0.253 e. The Balaban J connectivity index is 2.75. The summed E-state index contributed by atoms with van der Waals surface area (Å²) >= 11 is 0. The fourth-order valence-electron chi connectivity index (χ4n) is 1.43. The van der Waals surface area contributed by atoms with Gasteiger partial charge in [0.05, 0.1) is 7.11 Å². The highest BCUT2D eigenvalue weighted by molar-refractivity contribution is 5.94. The van der Waals surface area contributed by atoms with Crippen LogP contribution in [0.5, 0.6) is 5.75 Å². The third kappa shape index (κ3) is 3.12.